The highest BCUT2D eigenvalue weighted by molar-refractivity contribution is 7.78. The normalized spacial score (nSPS) is 16.9. The van der Waals surface area contributed by atoms with Crippen LogP contribution in [0.5, 0.6) is 0 Å². The van der Waals surface area contributed by atoms with Gasteiger partial charge in [-0.1, -0.05) is 36.0 Å². The second-order valence-corrected chi connectivity index (χ2v) is 5.70. The summed E-state index contributed by atoms with van der Waals surface area (Å²) in [4.78, 5) is 16.6. The molecule has 2 rings (SSSR count). The highest BCUT2D eigenvalue weighted by atomic mass is 35.5. The Hall–Kier alpha value is -0.730. The molecule has 0 saturated heterocycles. The van der Waals surface area contributed by atoms with Crippen LogP contribution in [0, 0.1) is 5.92 Å². The van der Waals surface area contributed by atoms with Gasteiger partial charge in [0.1, 0.15) is 6.04 Å². The first kappa shape index (κ1) is 14.7. The molecule has 1 aromatic carbocycles. The number of isothiocyanates is 1. The van der Waals surface area contributed by atoms with E-state index in [1.807, 2.05) is 0 Å². The van der Waals surface area contributed by atoms with E-state index in [1.54, 1.807) is 18.2 Å². The average Bonchev–Trinajstić information content (AvgIpc) is 2.92. The summed E-state index contributed by atoms with van der Waals surface area (Å²) in [5, 5.41) is 3.17. The number of aliphatic imine (C=N–C) groups is 1. The summed E-state index contributed by atoms with van der Waals surface area (Å²) in [5.41, 5.74) is 0.528. The van der Waals surface area contributed by atoms with Crippen molar-refractivity contribution in [2.75, 3.05) is 0 Å². The molecule has 1 fully saturated rings. The van der Waals surface area contributed by atoms with Crippen molar-refractivity contribution in [3.05, 3.63) is 33.8 Å². The minimum absolute atomic E-state index is 0.0529. The first-order valence-electron chi connectivity index (χ1n) is 6.19. The lowest BCUT2D eigenvalue weighted by Gasteiger charge is -2.17. The molecule has 0 aliphatic heterocycles. The van der Waals surface area contributed by atoms with Gasteiger partial charge in [0.25, 0.3) is 0 Å². The molecular formula is C14H13Cl2NOS. The lowest BCUT2D eigenvalue weighted by atomic mass is 9.91. The van der Waals surface area contributed by atoms with Gasteiger partial charge in [0.15, 0.2) is 5.78 Å². The van der Waals surface area contributed by atoms with Crippen molar-refractivity contribution in [3.8, 4) is 0 Å². The maximum atomic E-state index is 12.5. The standard InChI is InChI=1S/C14H13Cl2NOS/c15-11-6-5-10(7-12(11)16)14(18)13(17-8-19)9-3-1-2-4-9/h5-7,9,13H,1-4H2. The third-order valence-corrected chi connectivity index (χ3v) is 4.36. The zero-order chi connectivity index (χ0) is 13.8. The molecule has 2 nitrogen and oxygen atoms in total. The summed E-state index contributed by atoms with van der Waals surface area (Å²) in [6.45, 7) is 0. The molecule has 0 N–H and O–H groups in total. The summed E-state index contributed by atoms with van der Waals surface area (Å²) in [5.74, 6) is 0.209. The summed E-state index contributed by atoms with van der Waals surface area (Å²) >= 11 is 16.5. The minimum Gasteiger partial charge on any atom is -0.292 e. The van der Waals surface area contributed by atoms with Crippen LogP contribution in [0.15, 0.2) is 23.2 Å². The zero-order valence-corrected chi connectivity index (χ0v) is 12.6. The molecule has 1 aliphatic carbocycles. The summed E-state index contributed by atoms with van der Waals surface area (Å²) in [6.07, 6.45) is 4.31. The molecule has 0 aromatic heterocycles. The fourth-order valence-electron chi connectivity index (χ4n) is 2.53. The van der Waals surface area contributed by atoms with Gasteiger partial charge in [-0.3, -0.25) is 4.79 Å². The van der Waals surface area contributed by atoms with Gasteiger partial charge < -0.3 is 0 Å². The number of benzene rings is 1. The summed E-state index contributed by atoms with van der Waals surface area (Å²) in [6, 6.07) is 4.46. The Kier molecular flexibility index (Phi) is 5.12. The van der Waals surface area contributed by atoms with Gasteiger partial charge in [-0.2, -0.15) is 0 Å². The molecule has 1 aliphatic rings. The predicted octanol–water partition coefficient (Wildman–Crippen LogP) is 4.84. The average molecular weight is 314 g/mol. The van der Waals surface area contributed by atoms with Crippen LogP contribution in [-0.4, -0.2) is 17.0 Å². The molecule has 100 valence electrons. The molecule has 0 amide bonds. The van der Waals surface area contributed by atoms with Gasteiger partial charge in [-0.25, -0.2) is 4.99 Å². The number of rotatable bonds is 4. The molecular weight excluding hydrogens is 301 g/mol. The second kappa shape index (κ2) is 6.62. The van der Waals surface area contributed by atoms with E-state index in [0.717, 1.165) is 25.7 Å². The predicted molar refractivity (Wildman–Crippen MR) is 81.6 cm³/mol. The van der Waals surface area contributed by atoms with Gasteiger partial charge in [-0.05, 0) is 49.2 Å². The summed E-state index contributed by atoms with van der Waals surface area (Å²) in [7, 11) is 0. The van der Waals surface area contributed by atoms with E-state index in [1.165, 1.54) is 0 Å². The lowest BCUT2D eigenvalue weighted by molar-refractivity contribution is 0.0935. The third-order valence-electron chi connectivity index (χ3n) is 3.51. The van der Waals surface area contributed by atoms with Crippen molar-refractivity contribution in [2.24, 2.45) is 10.9 Å². The quantitative estimate of drug-likeness (QED) is 0.452. The Bertz CT molecular complexity index is 534. The molecule has 1 unspecified atom stereocenters. The number of carbonyl (C=O) groups excluding carboxylic acids is 1. The van der Waals surface area contributed by atoms with Crippen molar-refractivity contribution in [3.63, 3.8) is 0 Å². The highest BCUT2D eigenvalue weighted by Crippen LogP contribution is 2.32. The van der Waals surface area contributed by atoms with Gasteiger partial charge >= 0.3 is 0 Å². The maximum absolute atomic E-state index is 12.5. The van der Waals surface area contributed by atoms with Crippen LogP contribution in [0.25, 0.3) is 0 Å². The van der Waals surface area contributed by atoms with Crippen LogP contribution in [0.3, 0.4) is 0 Å². The van der Waals surface area contributed by atoms with Gasteiger partial charge in [-0.15, -0.1) is 0 Å². The Morgan fingerprint density at radius 1 is 1.32 bits per heavy atom. The monoisotopic (exact) mass is 313 g/mol. The molecule has 0 spiro atoms. The number of carbonyl (C=O) groups is 1. The van der Waals surface area contributed by atoms with Crippen molar-refractivity contribution in [1.82, 2.24) is 0 Å². The number of hydrogen-bond donors (Lipinski definition) is 0. The zero-order valence-electron chi connectivity index (χ0n) is 10.2. The number of halogens is 2. The Morgan fingerprint density at radius 3 is 2.58 bits per heavy atom. The first-order chi connectivity index (χ1) is 9.13. The van der Waals surface area contributed by atoms with E-state index in [0.29, 0.717) is 15.6 Å². The smallest absolute Gasteiger partial charge is 0.188 e. The van der Waals surface area contributed by atoms with Crippen LogP contribution in [-0.2, 0) is 0 Å². The largest absolute Gasteiger partial charge is 0.292 e. The van der Waals surface area contributed by atoms with Crippen LogP contribution in [0.2, 0.25) is 10.0 Å². The molecule has 19 heavy (non-hydrogen) atoms. The maximum Gasteiger partial charge on any atom is 0.188 e. The van der Waals surface area contributed by atoms with Gasteiger partial charge in [0.05, 0.1) is 15.2 Å². The molecule has 1 atom stereocenters. The molecule has 0 heterocycles. The van der Waals surface area contributed by atoms with Crippen molar-refractivity contribution in [2.45, 2.75) is 31.7 Å². The van der Waals surface area contributed by atoms with E-state index in [4.69, 9.17) is 23.2 Å². The van der Waals surface area contributed by atoms with E-state index < -0.39 is 6.04 Å². The van der Waals surface area contributed by atoms with Gasteiger partial charge in [0, 0.05) is 5.56 Å². The Balaban J connectivity index is 2.27. The Morgan fingerprint density at radius 2 is 2.00 bits per heavy atom. The lowest BCUT2D eigenvalue weighted by Crippen LogP contribution is -2.26. The number of thiocarbonyl (C=S) groups is 1. The fourth-order valence-corrected chi connectivity index (χ4v) is 2.94. The van der Waals surface area contributed by atoms with Crippen LogP contribution in [0.1, 0.15) is 36.0 Å². The highest BCUT2D eigenvalue weighted by Gasteiger charge is 2.31. The van der Waals surface area contributed by atoms with Crippen molar-refractivity contribution in [1.29, 1.82) is 0 Å². The second-order valence-electron chi connectivity index (χ2n) is 4.70. The summed E-state index contributed by atoms with van der Waals surface area (Å²) < 4.78 is 0. The van der Waals surface area contributed by atoms with Crippen molar-refractivity contribution < 1.29 is 4.79 Å². The van der Waals surface area contributed by atoms with E-state index in [9.17, 15) is 4.79 Å². The Labute approximate surface area is 127 Å². The molecule has 1 aromatic rings. The molecule has 1 saturated carbocycles. The number of hydrogen-bond acceptors (Lipinski definition) is 3. The number of nitrogens with zero attached hydrogens (tertiary/aromatic N) is 1. The van der Waals surface area contributed by atoms with E-state index in [2.05, 4.69) is 22.4 Å². The number of Topliss-reactive ketones (excluding diaryl/α,β-unsaturated/α-hetero) is 1. The SMILES string of the molecule is O=C(c1ccc(Cl)c(Cl)c1)C(N=C=S)C1CCCC1. The van der Waals surface area contributed by atoms with Crippen LogP contribution >= 0.6 is 35.4 Å². The first-order valence-corrected chi connectivity index (χ1v) is 7.36. The molecule has 5 heteroatoms. The molecule has 0 bridgehead atoms. The van der Waals surface area contributed by atoms with Gasteiger partial charge in [0.2, 0.25) is 0 Å². The molecule has 0 radical (unpaired) electrons. The van der Waals surface area contributed by atoms with E-state index >= 15 is 0 Å². The van der Waals surface area contributed by atoms with Crippen LogP contribution < -0.4 is 0 Å². The van der Waals surface area contributed by atoms with Crippen molar-refractivity contribution >= 4 is 46.4 Å². The fraction of sp³-hybridized carbons (Fsp3) is 0.429. The topological polar surface area (TPSA) is 29.4 Å². The number of ketones is 1. The van der Waals surface area contributed by atoms with Crippen LogP contribution in [0.4, 0.5) is 0 Å². The van der Waals surface area contributed by atoms with E-state index in [-0.39, 0.29) is 11.7 Å². The minimum atomic E-state index is -0.433. The third kappa shape index (κ3) is 3.43.